The van der Waals surface area contributed by atoms with E-state index in [4.69, 9.17) is 4.52 Å². The highest BCUT2D eigenvalue weighted by Crippen LogP contribution is 2.30. The number of nitrogens with zero attached hydrogens (tertiary/aromatic N) is 1. The summed E-state index contributed by atoms with van der Waals surface area (Å²) in [6.45, 7) is 7.85. The Morgan fingerprint density at radius 2 is 1.71 bits per heavy atom. The van der Waals surface area contributed by atoms with E-state index in [-0.39, 0.29) is 0 Å². The van der Waals surface area contributed by atoms with Crippen molar-refractivity contribution in [2.45, 2.75) is 27.7 Å². The van der Waals surface area contributed by atoms with Crippen LogP contribution in [0.25, 0.3) is 11.3 Å². The molecule has 0 spiro atoms. The Labute approximate surface area is 100 Å². The van der Waals surface area contributed by atoms with E-state index in [1.165, 1.54) is 5.56 Å². The molecule has 0 aliphatic heterocycles. The molecule has 0 amide bonds. The minimum atomic E-state index is 0.542. The summed E-state index contributed by atoms with van der Waals surface area (Å²) in [7, 11) is 0. The Hall–Kier alpha value is -1.90. The van der Waals surface area contributed by atoms with Crippen LogP contribution in [-0.4, -0.2) is 11.4 Å². The molecule has 17 heavy (non-hydrogen) atoms. The maximum absolute atomic E-state index is 11.1. The zero-order valence-electron chi connectivity index (χ0n) is 10.5. The van der Waals surface area contributed by atoms with Crippen LogP contribution in [0.2, 0.25) is 0 Å². The van der Waals surface area contributed by atoms with Gasteiger partial charge in [0, 0.05) is 5.56 Å². The monoisotopic (exact) mass is 229 g/mol. The third-order valence-electron chi connectivity index (χ3n) is 2.94. The number of aldehydes is 1. The zero-order valence-corrected chi connectivity index (χ0v) is 10.5. The maximum atomic E-state index is 11.1. The average Bonchev–Trinajstić information content (AvgIpc) is 2.58. The first-order valence-electron chi connectivity index (χ1n) is 5.54. The second-order valence-electron chi connectivity index (χ2n) is 4.39. The van der Waals surface area contributed by atoms with Gasteiger partial charge in [0.1, 0.15) is 11.5 Å². The number of benzene rings is 1. The lowest BCUT2D eigenvalue weighted by Crippen LogP contribution is -1.93. The van der Waals surface area contributed by atoms with Gasteiger partial charge in [0.15, 0.2) is 6.29 Å². The van der Waals surface area contributed by atoms with E-state index in [0.29, 0.717) is 17.0 Å². The lowest BCUT2D eigenvalue weighted by atomic mass is 9.95. The first kappa shape index (κ1) is 11.6. The van der Waals surface area contributed by atoms with Crippen molar-refractivity contribution in [3.8, 4) is 11.3 Å². The van der Waals surface area contributed by atoms with Crippen molar-refractivity contribution in [3.05, 3.63) is 40.1 Å². The molecule has 1 heterocycles. The van der Waals surface area contributed by atoms with E-state index in [2.05, 4.69) is 24.2 Å². The summed E-state index contributed by atoms with van der Waals surface area (Å²) in [4.78, 5) is 11.1. The molecule has 0 aliphatic rings. The minimum Gasteiger partial charge on any atom is -0.360 e. The summed E-state index contributed by atoms with van der Waals surface area (Å²) in [6.07, 6.45) is 0.805. The molecule has 1 aromatic carbocycles. The summed E-state index contributed by atoms with van der Waals surface area (Å²) in [5.41, 5.74) is 5.61. The topological polar surface area (TPSA) is 43.1 Å². The van der Waals surface area contributed by atoms with Crippen LogP contribution in [0.15, 0.2) is 16.7 Å². The maximum Gasteiger partial charge on any atom is 0.155 e. The lowest BCUT2D eigenvalue weighted by molar-refractivity contribution is 0.112. The highest BCUT2D eigenvalue weighted by molar-refractivity contribution is 5.88. The highest BCUT2D eigenvalue weighted by Gasteiger charge is 2.17. The SMILES string of the molecule is Cc1cc(C)c(-c2noc(C)c2C=O)c(C)c1. The Kier molecular flexibility index (Phi) is 2.84. The van der Waals surface area contributed by atoms with Crippen LogP contribution in [0, 0.1) is 27.7 Å². The van der Waals surface area contributed by atoms with E-state index >= 15 is 0 Å². The lowest BCUT2D eigenvalue weighted by Gasteiger charge is -2.08. The number of carbonyl (C=O) groups excluding carboxylic acids is 1. The second kappa shape index (κ2) is 4.17. The van der Waals surface area contributed by atoms with Gasteiger partial charge in [-0.2, -0.15) is 0 Å². The van der Waals surface area contributed by atoms with E-state index < -0.39 is 0 Å². The Morgan fingerprint density at radius 1 is 1.12 bits per heavy atom. The third-order valence-corrected chi connectivity index (χ3v) is 2.94. The van der Waals surface area contributed by atoms with Crippen molar-refractivity contribution < 1.29 is 9.32 Å². The number of aromatic nitrogens is 1. The number of hydrogen-bond donors (Lipinski definition) is 0. The Morgan fingerprint density at radius 3 is 2.24 bits per heavy atom. The molecule has 0 bridgehead atoms. The summed E-state index contributed by atoms with van der Waals surface area (Å²) < 4.78 is 5.10. The smallest absolute Gasteiger partial charge is 0.155 e. The van der Waals surface area contributed by atoms with Gasteiger partial charge in [-0.05, 0) is 38.8 Å². The Bertz CT molecular complexity index is 559. The van der Waals surface area contributed by atoms with Crippen LogP contribution in [-0.2, 0) is 0 Å². The van der Waals surface area contributed by atoms with Crippen molar-refractivity contribution in [1.29, 1.82) is 0 Å². The average molecular weight is 229 g/mol. The summed E-state index contributed by atoms with van der Waals surface area (Å²) >= 11 is 0. The molecular weight excluding hydrogens is 214 g/mol. The molecule has 2 aromatic rings. The van der Waals surface area contributed by atoms with Gasteiger partial charge in [-0.3, -0.25) is 4.79 Å². The van der Waals surface area contributed by atoms with E-state index in [1.807, 2.05) is 13.8 Å². The fourth-order valence-corrected chi connectivity index (χ4v) is 2.25. The Balaban J connectivity index is 2.72. The molecule has 0 radical (unpaired) electrons. The molecule has 2 rings (SSSR count). The fraction of sp³-hybridized carbons (Fsp3) is 0.286. The summed E-state index contributed by atoms with van der Waals surface area (Å²) in [5, 5.41) is 4.00. The molecule has 0 N–H and O–H groups in total. The molecule has 88 valence electrons. The van der Waals surface area contributed by atoms with Gasteiger partial charge in [-0.15, -0.1) is 0 Å². The standard InChI is InChI=1S/C14H15NO2/c1-8-5-9(2)13(10(3)6-8)14-12(7-16)11(4)17-15-14/h5-7H,1-4H3. The summed E-state index contributed by atoms with van der Waals surface area (Å²) in [5.74, 6) is 0.564. The van der Waals surface area contributed by atoms with Crippen LogP contribution < -0.4 is 0 Å². The summed E-state index contributed by atoms with van der Waals surface area (Å²) in [6, 6.07) is 4.17. The quantitative estimate of drug-likeness (QED) is 0.741. The van der Waals surface area contributed by atoms with Crippen LogP contribution in [0.1, 0.15) is 32.8 Å². The number of hydrogen-bond acceptors (Lipinski definition) is 3. The number of rotatable bonds is 2. The molecule has 3 nitrogen and oxygen atoms in total. The molecule has 0 unspecified atom stereocenters. The second-order valence-corrected chi connectivity index (χ2v) is 4.39. The molecule has 0 saturated heterocycles. The molecule has 0 fully saturated rings. The molecule has 3 heteroatoms. The van der Waals surface area contributed by atoms with Crippen LogP contribution in [0.5, 0.6) is 0 Å². The van der Waals surface area contributed by atoms with Gasteiger partial charge < -0.3 is 4.52 Å². The van der Waals surface area contributed by atoms with Gasteiger partial charge in [0.05, 0.1) is 5.56 Å². The van der Waals surface area contributed by atoms with Crippen LogP contribution in [0.3, 0.4) is 0 Å². The van der Waals surface area contributed by atoms with E-state index in [1.54, 1.807) is 6.92 Å². The minimum absolute atomic E-state index is 0.542. The van der Waals surface area contributed by atoms with Gasteiger partial charge in [0.25, 0.3) is 0 Å². The number of aryl methyl sites for hydroxylation is 4. The fourth-order valence-electron chi connectivity index (χ4n) is 2.25. The van der Waals surface area contributed by atoms with Crippen molar-refractivity contribution >= 4 is 6.29 Å². The first-order valence-corrected chi connectivity index (χ1v) is 5.54. The normalized spacial score (nSPS) is 10.6. The predicted molar refractivity (Wildman–Crippen MR) is 66.3 cm³/mol. The molecule has 0 aliphatic carbocycles. The zero-order chi connectivity index (χ0) is 12.6. The van der Waals surface area contributed by atoms with Crippen molar-refractivity contribution in [2.75, 3.05) is 0 Å². The van der Waals surface area contributed by atoms with Crippen molar-refractivity contribution in [1.82, 2.24) is 5.16 Å². The number of carbonyl (C=O) groups is 1. The molecule has 0 saturated carbocycles. The predicted octanol–water partition coefficient (Wildman–Crippen LogP) is 3.39. The van der Waals surface area contributed by atoms with E-state index in [9.17, 15) is 4.79 Å². The van der Waals surface area contributed by atoms with Gasteiger partial charge in [0.2, 0.25) is 0 Å². The van der Waals surface area contributed by atoms with Gasteiger partial charge in [-0.25, -0.2) is 0 Å². The largest absolute Gasteiger partial charge is 0.360 e. The van der Waals surface area contributed by atoms with Crippen LogP contribution in [0.4, 0.5) is 0 Å². The third kappa shape index (κ3) is 1.88. The molecule has 1 aromatic heterocycles. The van der Waals surface area contributed by atoms with E-state index in [0.717, 1.165) is 23.0 Å². The van der Waals surface area contributed by atoms with Gasteiger partial charge >= 0.3 is 0 Å². The van der Waals surface area contributed by atoms with Gasteiger partial charge in [-0.1, -0.05) is 22.9 Å². The molecule has 0 atom stereocenters. The van der Waals surface area contributed by atoms with Crippen LogP contribution >= 0.6 is 0 Å². The highest BCUT2D eigenvalue weighted by atomic mass is 16.5. The van der Waals surface area contributed by atoms with Crippen molar-refractivity contribution in [3.63, 3.8) is 0 Å². The van der Waals surface area contributed by atoms with Crippen molar-refractivity contribution in [2.24, 2.45) is 0 Å². The molecular formula is C14H15NO2. The first-order chi connectivity index (χ1) is 8.04.